The van der Waals surface area contributed by atoms with Crippen molar-refractivity contribution in [1.82, 2.24) is 10.2 Å². The summed E-state index contributed by atoms with van der Waals surface area (Å²) in [4.78, 5) is 10.8. The van der Waals surface area contributed by atoms with Crippen molar-refractivity contribution in [1.29, 1.82) is 0 Å². The molecule has 0 atom stereocenters. The van der Waals surface area contributed by atoms with Crippen LogP contribution in [-0.2, 0) is 0 Å². The van der Waals surface area contributed by atoms with Crippen LogP contribution in [0.2, 0.25) is 0 Å². The first kappa shape index (κ1) is 15.4. The summed E-state index contributed by atoms with van der Waals surface area (Å²) in [5, 5.41) is 19.8. The van der Waals surface area contributed by atoms with Crippen LogP contribution < -0.4 is 5.43 Å². The molecule has 0 radical (unpaired) electrons. The number of H-pyrrole nitrogens is 1. The number of carboxylic acid groups (broad SMARTS) is 1. The van der Waals surface area contributed by atoms with Crippen molar-refractivity contribution in [2.45, 2.75) is 0 Å². The molecule has 0 spiro atoms. The third kappa shape index (κ3) is 3.46. The number of aromatic amines is 1. The third-order valence-electron chi connectivity index (χ3n) is 3.33. The monoisotopic (exact) mass is 324 g/mol. The van der Waals surface area contributed by atoms with Crippen molar-refractivity contribution < 1.29 is 14.3 Å². The van der Waals surface area contributed by atoms with Crippen LogP contribution in [0.3, 0.4) is 0 Å². The highest BCUT2D eigenvalue weighted by atomic mass is 19.1. The van der Waals surface area contributed by atoms with Gasteiger partial charge in [0.2, 0.25) is 0 Å². The molecule has 1 aromatic heterocycles. The minimum Gasteiger partial charge on any atom is -0.478 e. The summed E-state index contributed by atoms with van der Waals surface area (Å²) in [5.74, 6) is -1.28. The smallest absolute Gasteiger partial charge is 0.335 e. The highest BCUT2D eigenvalue weighted by Gasteiger charge is 2.06. The van der Waals surface area contributed by atoms with Gasteiger partial charge < -0.3 is 5.11 Å². The fraction of sp³-hybridized carbons (Fsp3) is 0. The van der Waals surface area contributed by atoms with Gasteiger partial charge in [0.05, 0.1) is 29.4 Å². The summed E-state index contributed by atoms with van der Waals surface area (Å²) < 4.78 is 13.0. The average Bonchev–Trinajstić information content (AvgIpc) is 3.04. The van der Waals surface area contributed by atoms with Gasteiger partial charge in [-0.15, -0.1) is 0 Å². The molecule has 3 N–H and O–H groups in total. The predicted molar refractivity (Wildman–Crippen MR) is 88.6 cm³/mol. The fourth-order valence-electron chi connectivity index (χ4n) is 2.10. The van der Waals surface area contributed by atoms with E-state index in [2.05, 4.69) is 20.7 Å². The summed E-state index contributed by atoms with van der Waals surface area (Å²) in [6.45, 7) is 0. The zero-order valence-electron chi connectivity index (χ0n) is 12.4. The van der Waals surface area contributed by atoms with Crippen molar-refractivity contribution in [3.8, 4) is 11.3 Å². The normalized spacial score (nSPS) is 10.9. The van der Waals surface area contributed by atoms with Crippen LogP contribution in [0.1, 0.15) is 15.9 Å². The molecule has 0 saturated carbocycles. The first-order chi connectivity index (χ1) is 11.6. The Balaban J connectivity index is 1.72. The van der Waals surface area contributed by atoms with E-state index in [4.69, 9.17) is 5.11 Å². The fourth-order valence-corrected chi connectivity index (χ4v) is 2.10. The van der Waals surface area contributed by atoms with Crippen molar-refractivity contribution in [2.24, 2.45) is 5.10 Å². The number of hydrogen-bond acceptors (Lipinski definition) is 4. The topological polar surface area (TPSA) is 90.4 Å². The van der Waals surface area contributed by atoms with Crippen LogP contribution in [0.25, 0.3) is 11.3 Å². The number of rotatable bonds is 5. The Morgan fingerprint density at radius 1 is 1.17 bits per heavy atom. The molecule has 2 aromatic carbocycles. The largest absolute Gasteiger partial charge is 0.478 e. The van der Waals surface area contributed by atoms with Crippen molar-refractivity contribution in [3.63, 3.8) is 0 Å². The van der Waals surface area contributed by atoms with Gasteiger partial charge in [-0.05, 0) is 48.5 Å². The van der Waals surface area contributed by atoms with Crippen LogP contribution in [0.15, 0.2) is 59.8 Å². The SMILES string of the molecule is O=C(O)c1ccc(N/N=C/c2cn[nH]c2-c2ccc(F)cc2)cc1. The van der Waals surface area contributed by atoms with Crippen LogP contribution in [0.4, 0.5) is 10.1 Å². The summed E-state index contributed by atoms with van der Waals surface area (Å²) in [6.07, 6.45) is 3.19. The predicted octanol–water partition coefficient (Wildman–Crippen LogP) is 3.36. The molecule has 0 amide bonds. The molecule has 6 nitrogen and oxygen atoms in total. The molecule has 24 heavy (non-hydrogen) atoms. The third-order valence-corrected chi connectivity index (χ3v) is 3.33. The van der Waals surface area contributed by atoms with Gasteiger partial charge in [-0.3, -0.25) is 10.5 Å². The van der Waals surface area contributed by atoms with E-state index in [-0.39, 0.29) is 11.4 Å². The number of nitrogens with zero attached hydrogens (tertiary/aromatic N) is 2. The van der Waals surface area contributed by atoms with Gasteiger partial charge in [-0.2, -0.15) is 10.2 Å². The number of hydrazone groups is 1. The number of aromatic nitrogens is 2. The van der Waals surface area contributed by atoms with Crippen molar-refractivity contribution in [3.05, 3.63) is 71.7 Å². The van der Waals surface area contributed by atoms with E-state index in [1.165, 1.54) is 24.3 Å². The Labute approximate surface area is 136 Å². The van der Waals surface area contributed by atoms with Gasteiger partial charge >= 0.3 is 5.97 Å². The number of nitrogens with one attached hydrogen (secondary N) is 2. The van der Waals surface area contributed by atoms with E-state index < -0.39 is 5.97 Å². The standard InChI is InChI=1S/C17H13FN4O2/c18-14-5-1-11(2-6-14)16-13(10-20-22-16)9-19-21-15-7-3-12(4-8-15)17(23)24/h1-10,21H,(H,20,22)(H,23,24)/b19-9+. The molecule has 0 saturated heterocycles. The maximum Gasteiger partial charge on any atom is 0.335 e. The molecule has 0 aliphatic heterocycles. The molecule has 0 aliphatic rings. The molecule has 0 unspecified atom stereocenters. The molecule has 0 bridgehead atoms. The highest BCUT2D eigenvalue weighted by molar-refractivity contribution is 5.89. The van der Waals surface area contributed by atoms with Crippen LogP contribution in [-0.4, -0.2) is 27.5 Å². The maximum absolute atomic E-state index is 13.0. The van der Waals surface area contributed by atoms with Gasteiger partial charge in [0.25, 0.3) is 0 Å². The molecule has 3 rings (SSSR count). The first-order valence-corrected chi connectivity index (χ1v) is 7.05. The molecule has 120 valence electrons. The molecule has 1 heterocycles. The summed E-state index contributed by atoms with van der Waals surface area (Å²) in [6, 6.07) is 12.3. The van der Waals surface area contributed by atoms with Gasteiger partial charge in [0, 0.05) is 11.1 Å². The van der Waals surface area contributed by atoms with Crippen molar-refractivity contribution >= 4 is 17.9 Å². The minimum atomic E-state index is -0.979. The number of benzene rings is 2. The van der Waals surface area contributed by atoms with E-state index in [0.717, 1.165) is 16.8 Å². The number of halogens is 1. The lowest BCUT2D eigenvalue weighted by atomic mass is 10.1. The Bertz CT molecular complexity index is 870. The number of carboxylic acids is 1. The van der Waals surface area contributed by atoms with Gasteiger partial charge in [-0.1, -0.05) is 0 Å². The second-order valence-electron chi connectivity index (χ2n) is 4.96. The second kappa shape index (κ2) is 6.74. The van der Waals surface area contributed by atoms with Gasteiger partial charge in [0.1, 0.15) is 5.82 Å². The highest BCUT2D eigenvalue weighted by Crippen LogP contribution is 2.20. The lowest BCUT2D eigenvalue weighted by Crippen LogP contribution is -1.96. The summed E-state index contributed by atoms with van der Waals surface area (Å²) >= 11 is 0. The van der Waals surface area contributed by atoms with Crippen molar-refractivity contribution in [2.75, 3.05) is 5.43 Å². The summed E-state index contributed by atoms with van der Waals surface area (Å²) in [5.41, 5.74) is 5.92. The van der Waals surface area contributed by atoms with E-state index in [1.807, 2.05) is 0 Å². The Hall–Kier alpha value is -3.48. The zero-order valence-corrected chi connectivity index (χ0v) is 12.4. The second-order valence-corrected chi connectivity index (χ2v) is 4.96. The van der Waals surface area contributed by atoms with E-state index >= 15 is 0 Å². The van der Waals surface area contributed by atoms with Crippen LogP contribution in [0, 0.1) is 5.82 Å². The molecular weight excluding hydrogens is 311 g/mol. The van der Waals surface area contributed by atoms with Crippen LogP contribution in [0.5, 0.6) is 0 Å². The first-order valence-electron chi connectivity index (χ1n) is 7.05. The Morgan fingerprint density at radius 3 is 2.54 bits per heavy atom. The van der Waals surface area contributed by atoms with Gasteiger partial charge in [0.15, 0.2) is 0 Å². The maximum atomic E-state index is 13.0. The molecule has 7 heteroatoms. The lowest BCUT2D eigenvalue weighted by Gasteiger charge is -2.01. The number of aromatic carboxylic acids is 1. The van der Waals surface area contributed by atoms with E-state index in [9.17, 15) is 9.18 Å². The number of anilines is 1. The van der Waals surface area contributed by atoms with Crippen LogP contribution >= 0.6 is 0 Å². The average molecular weight is 324 g/mol. The van der Waals surface area contributed by atoms with Gasteiger partial charge in [-0.25, -0.2) is 9.18 Å². The summed E-state index contributed by atoms with van der Waals surface area (Å²) in [7, 11) is 0. The minimum absolute atomic E-state index is 0.206. The lowest BCUT2D eigenvalue weighted by molar-refractivity contribution is 0.0697. The van der Waals surface area contributed by atoms with E-state index in [0.29, 0.717) is 5.69 Å². The van der Waals surface area contributed by atoms with E-state index in [1.54, 1.807) is 36.7 Å². The molecule has 3 aromatic rings. The molecular formula is C17H13FN4O2. The Kier molecular flexibility index (Phi) is 4.33. The Morgan fingerprint density at radius 2 is 1.88 bits per heavy atom. The quantitative estimate of drug-likeness (QED) is 0.496. The number of carbonyl (C=O) groups is 1. The zero-order chi connectivity index (χ0) is 16.9. The molecule has 0 fully saturated rings. The number of hydrogen-bond donors (Lipinski definition) is 3. The molecule has 0 aliphatic carbocycles.